The molecule has 5 heteroatoms. The Bertz CT molecular complexity index is 450. The van der Waals surface area contributed by atoms with Crippen LogP contribution in [0.1, 0.15) is 55.8 Å². The molecule has 0 aliphatic carbocycles. The SMILES string of the molecule is CCCCCCCCNC(=O)c1c(F)ccc(N)c1F. The van der Waals surface area contributed by atoms with Gasteiger partial charge in [0.15, 0.2) is 5.82 Å². The average molecular weight is 284 g/mol. The largest absolute Gasteiger partial charge is 0.396 e. The van der Waals surface area contributed by atoms with Gasteiger partial charge in [0.1, 0.15) is 11.4 Å². The van der Waals surface area contributed by atoms with Crippen molar-refractivity contribution >= 4 is 11.6 Å². The van der Waals surface area contributed by atoms with Crippen LogP contribution in [0.15, 0.2) is 12.1 Å². The first kappa shape index (κ1) is 16.4. The average Bonchev–Trinajstić information content (AvgIpc) is 2.42. The van der Waals surface area contributed by atoms with Gasteiger partial charge >= 0.3 is 0 Å². The van der Waals surface area contributed by atoms with Crippen molar-refractivity contribution in [2.24, 2.45) is 0 Å². The van der Waals surface area contributed by atoms with E-state index in [1.807, 2.05) is 0 Å². The van der Waals surface area contributed by atoms with E-state index in [4.69, 9.17) is 5.73 Å². The summed E-state index contributed by atoms with van der Waals surface area (Å²) in [4.78, 5) is 11.7. The summed E-state index contributed by atoms with van der Waals surface area (Å²) in [5.74, 6) is -2.64. The molecule has 112 valence electrons. The predicted molar refractivity (Wildman–Crippen MR) is 76.5 cm³/mol. The molecule has 0 atom stereocenters. The third kappa shape index (κ3) is 4.79. The van der Waals surface area contributed by atoms with Crippen LogP contribution in [0.2, 0.25) is 0 Å². The van der Waals surface area contributed by atoms with E-state index in [2.05, 4.69) is 12.2 Å². The number of unbranched alkanes of at least 4 members (excludes halogenated alkanes) is 5. The number of rotatable bonds is 8. The van der Waals surface area contributed by atoms with Crippen molar-refractivity contribution in [1.29, 1.82) is 0 Å². The van der Waals surface area contributed by atoms with Gasteiger partial charge in [-0.2, -0.15) is 0 Å². The lowest BCUT2D eigenvalue weighted by molar-refractivity contribution is 0.0944. The van der Waals surface area contributed by atoms with Crippen LogP contribution >= 0.6 is 0 Å². The molecule has 1 rings (SSSR count). The van der Waals surface area contributed by atoms with Gasteiger partial charge in [-0.05, 0) is 18.6 Å². The molecule has 1 amide bonds. The molecule has 3 nitrogen and oxygen atoms in total. The molecule has 1 aromatic rings. The summed E-state index contributed by atoms with van der Waals surface area (Å²) < 4.78 is 27.0. The summed E-state index contributed by atoms with van der Waals surface area (Å²) in [6.07, 6.45) is 6.51. The molecule has 20 heavy (non-hydrogen) atoms. The molecule has 0 aromatic heterocycles. The number of nitrogens with two attached hydrogens (primary N) is 1. The van der Waals surface area contributed by atoms with Crippen LogP contribution in [0.5, 0.6) is 0 Å². The van der Waals surface area contributed by atoms with Gasteiger partial charge in [0, 0.05) is 6.54 Å². The van der Waals surface area contributed by atoms with Crippen LogP contribution in [-0.4, -0.2) is 12.5 Å². The van der Waals surface area contributed by atoms with E-state index >= 15 is 0 Å². The minimum absolute atomic E-state index is 0.226. The number of hydrogen-bond acceptors (Lipinski definition) is 2. The van der Waals surface area contributed by atoms with Gasteiger partial charge < -0.3 is 11.1 Å². The molecule has 0 aliphatic rings. The number of carbonyl (C=O) groups is 1. The Kier molecular flexibility index (Phi) is 6.98. The molecule has 3 N–H and O–H groups in total. The number of benzene rings is 1. The predicted octanol–water partition coefficient (Wildman–Crippen LogP) is 3.64. The summed E-state index contributed by atoms with van der Waals surface area (Å²) in [5.41, 5.74) is 4.50. The normalized spacial score (nSPS) is 10.6. The van der Waals surface area contributed by atoms with Crippen molar-refractivity contribution in [3.05, 3.63) is 29.3 Å². The van der Waals surface area contributed by atoms with Gasteiger partial charge in [-0.3, -0.25) is 4.79 Å². The van der Waals surface area contributed by atoms with Gasteiger partial charge in [-0.1, -0.05) is 39.0 Å². The van der Waals surface area contributed by atoms with E-state index in [1.165, 1.54) is 19.3 Å². The molecular formula is C15H22F2N2O. The Morgan fingerprint density at radius 3 is 2.50 bits per heavy atom. The highest BCUT2D eigenvalue weighted by Gasteiger charge is 2.18. The van der Waals surface area contributed by atoms with Crippen LogP contribution in [0.3, 0.4) is 0 Å². The molecular weight excluding hydrogens is 262 g/mol. The Hall–Kier alpha value is -1.65. The number of nitrogen functional groups attached to an aromatic ring is 1. The van der Waals surface area contributed by atoms with E-state index in [0.717, 1.165) is 31.4 Å². The monoisotopic (exact) mass is 284 g/mol. The molecule has 0 bridgehead atoms. The number of anilines is 1. The van der Waals surface area contributed by atoms with Crippen LogP contribution in [0, 0.1) is 11.6 Å². The lowest BCUT2D eigenvalue weighted by atomic mass is 10.1. The topological polar surface area (TPSA) is 55.1 Å². The maximum Gasteiger partial charge on any atom is 0.257 e. The zero-order chi connectivity index (χ0) is 15.0. The second-order valence-corrected chi connectivity index (χ2v) is 4.85. The standard InChI is InChI=1S/C15H22F2N2O/c1-2-3-4-5-6-7-10-19-15(20)13-11(16)8-9-12(18)14(13)17/h8-9H,2-7,10,18H2,1H3,(H,19,20). The smallest absolute Gasteiger partial charge is 0.257 e. The maximum atomic E-state index is 13.6. The summed E-state index contributed by atoms with van der Waals surface area (Å²) in [6, 6.07) is 2.10. The second-order valence-electron chi connectivity index (χ2n) is 4.85. The first-order valence-corrected chi connectivity index (χ1v) is 7.09. The quantitative estimate of drug-likeness (QED) is 0.565. The maximum absolute atomic E-state index is 13.6. The fourth-order valence-corrected chi connectivity index (χ4v) is 1.97. The van der Waals surface area contributed by atoms with E-state index < -0.39 is 23.1 Å². The number of nitrogens with one attached hydrogen (secondary N) is 1. The molecule has 1 aromatic carbocycles. The Morgan fingerprint density at radius 2 is 1.80 bits per heavy atom. The summed E-state index contributed by atoms with van der Waals surface area (Å²) in [6.45, 7) is 2.56. The fourth-order valence-electron chi connectivity index (χ4n) is 1.97. The van der Waals surface area contributed by atoms with Gasteiger partial charge in [-0.15, -0.1) is 0 Å². The lowest BCUT2D eigenvalue weighted by Gasteiger charge is -2.08. The Labute approximate surface area is 118 Å². The van der Waals surface area contributed by atoms with Crippen LogP contribution in [0.25, 0.3) is 0 Å². The Morgan fingerprint density at radius 1 is 1.15 bits per heavy atom. The molecule has 0 saturated heterocycles. The van der Waals surface area contributed by atoms with E-state index in [9.17, 15) is 13.6 Å². The summed E-state index contributed by atoms with van der Waals surface area (Å²) in [5, 5.41) is 2.52. The Balaban J connectivity index is 2.38. The molecule has 0 unspecified atom stereocenters. The van der Waals surface area contributed by atoms with Gasteiger partial charge in [0.05, 0.1) is 5.69 Å². The van der Waals surface area contributed by atoms with Crippen molar-refractivity contribution in [2.75, 3.05) is 12.3 Å². The van der Waals surface area contributed by atoms with Crippen molar-refractivity contribution in [3.8, 4) is 0 Å². The van der Waals surface area contributed by atoms with Crippen LogP contribution in [-0.2, 0) is 0 Å². The minimum Gasteiger partial charge on any atom is -0.396 e. The third-order valence-corrected chi connectivity index (χ3v) is 3.16. The highest BCUT2D eigenvalue weighted by molar-refractivity contribution is 5.95. The molecule has 0 aliphatic heterocycles. The fraction of sp³-hybridized carbons (Fsp3) is 0.533. The molecule has 0 radical (unpaired) electrons. The zero-order valence-corrected chi connectivity index (χ0v) is 11.8. The summed E-state index contributed by atoms with van der Waals surface area (Å²) in [7, 11) is 0. The number of amides is 1. The number of hydrogen-bond donors (Lipinski definition) is 2. The van der Waals surface area contributed by atoms with E-state index in [1.54, 1.807) is 0 Å². The first-order chi connectivity index (χ1) is 9.57. The molecule has 0 fully saturated rings. The van der Waals surface area contributed by atoms with Crippen molar-refractivity contribution in [1.82, 2.24) is 5.32 Å². The molecule has 0 saturated carbocycles. The first-order valence-electron chi connectivity index (χ1n) is 7.09. The van der Waals surface area contributed by atoms with Crippen LogP contribution < -0.4 is 11.1 Å². The number of halogens is 2. The zero-order valence-electron chi connectivity index (χ0n) is 11.8. The molecule has 0 spiro atoms. The number of carbonyl (C=O) groups excluding carboxylic acids is 1. The van der Waals surface area contributed by atoms with Gasteiger partial charge in [0.2, 0.25) is 0 Å². The van der Waals surface area contributed by atoms with Crippen LogP contribution in [0.4, 0.5) is 14.5 Å². The highest BCUT2D eigenvalue weighted by atomic mass is 19.1. The summed E-state index contributed by atoms with van der Waals surface area (Å²) >= 11 is 0. The van der Waals surface area contributed by atoms with Crippen molar-refractivity contribution in [2.45, 2.75) is 45.4 Å². The minimum atomic E-state index is -0.995. The van der Waals surface area contributed by atoms with Gasteiger partial charge in [0.25, 0.3) is 5.91 Å². The van der Waals surface area contributed by atoms with Crippen molar-refractivity contribution < 1.29 is 13.6 Å². The second kappa shape index (κ2) is 8.51. The molecule has 0 heterocycles. The van der Waals surface area contributed by atoms with E-state index in [0.29, 0.717) is 6.54 Å². The van der Waals surface area contributed by atoms with Gasteiger partial charge in [-0.25, -0.2) is 8.78 Å². The third-order valence-electron chi connectivity index (χ3n) is 3.16. The lowest BCUT2D eigenvalue weighted by Crippen LogP contribution is -2.26. The van der Waals surface area contributed by atoms with E-state index in [-0.39, 0.29) is 5.69 Å². The van der Waals surface area contributed by atoms with Crippen molar-refractivity contribution in [3.63, 3.8) is 0 Å². The highest BCUT2D eigenvalue weighted by Crippen LogP contribution is 2.18.